The van der Waals surface area contributed by atoms with Crippen molar-refractivity contribution in [3.8, 4) is 11.3 Å². The molecular weight excluding hydrogens is 491 g/mol. The third-order valence-electron chi connectivity index (χ3n) is 7.27. The number of amides is 1. The molecule has 2 atom stereocenters. The minimum Gasteiger partial charge on any atom is -0.327 e. The number of halogens is 5. The maximum atomic E-state index is 14.0. The first-order valence-corrected chi connectivity index (χ1v) is 11.9. The van der Waals surface area contributed by atoms with Crippen molar-refractivity contribution in [1.82, 2.24) is 19.7 Å². The van der Waals surface area contributed by atoms with Crippen molar-refractivity contribution in [3.05, 3.63) is 82.7 Å². The number of hydrogen-bond acceptors (Lipinski definition) is 3. The first-order valence-electron chi connectivity index (χ1n) is 11.9. The van der Waals surface area contributed by atoms with Crippen LogP contribution in [0.4, 0.5) is 22.0 Å². The van der Waals surface area contributed by atoms with Crippen molar-refractivity contribution >= 4 is 16.8 Å². The lowest BCUT2D eigenvalue weighted by Crippen LogP contribution is -2.49. The monoisotopic (exact) mass is 512 g/mol. The van der Waals surface area contributed by atoms with Crippen molar-refractivity contribution < 1.29 is 26.7 Å². The zero-order valence-electron chi connectivity index (χ0n) is 19.7. The summed E-state index contributed by atoms with van der Waals surface area (Å²) in [7, 11) is 1.72. The average molecular weight is 512 g/mol. The van der Waals surface area contributed by atoms with E-state index in [-0.39, 0.29) is 23.5 Å². The number of hydrogen-bond donors (Lipinski definition) is 0. The number of carbonyl (C=O) groups excluding carboxylic acids is 1. The number of benzene rings is 2. The average Bonchev–Trinajstić information content (AvgIpc) is 3.17. The minimum absolute atomic E-state index is 0.137. The molecule has 0 radical (unpaired) electrons. The fraction of sp³-hybridized carbons (Fsp3) is 0.296. The fourth-order valence-corrected chi connectivity index (χ4v) is 5.77. The molecule has 0 aliphatic carbocycles. The molecule has 2 bridgehead atoms. The molecule has 2 aromatic heterocycles. The van der Waals surface area contributed by atoms with Gasteiger partial charge in [0.25, 0.3) is 5.91 Å². The van der Waals surface area contributed by atoms with E-state index in [4.69, 9.17) is 0 Å². The molecule has 1 fully saturated rings. The maximum Gasteiger partial charge on any atom is 0.433 e. The number of alkyl halides is 3. The van der Waals surface area contributed by atoms with Crippen LogP contribution in [-0.2, 0) is 19.6 Å². The third-order valence-corrected chi connectivity index (χ3v) is 7.27. The predicted molar refractivity (Wildman–Crippen MR) is 126 cm³/mol. The number of rotatable bonds is 2. The maximum absolute atomic E-state index is 14.0. The van der Waals surface area contributed by atoms with Crippen LogP contribution < -0.4 is 0 Å². The summed E-state index contributed by atoms with van der Waals surface area (Å²) in [5, 5.41) is 5.12. The van der Waals surface area contributed by atoms with E-state index < -0.39 is 23.5 Å². The Kier molecular flexibility index (Phi) is 5.32. The van der Waals surface area contributed by atoms with Crippen LogP contribution in [0.1, 0.15) is 52.6 Å². The predicted octanol–water partition coefficient (Wildman–Crippen LogP) is 6.22. The molecule has 1 saturated heterocycles. The molecule has 190 valence electrons. The van der Waals surface area contributed by atoms with E-state index in [9.17, 15) is 26.7 Å². The number of aryl methyl sites for hydroxylation is 1. The minimum atomic E-state index is -4.55. The third kappa shape index (κ3) is 3.95. The molecule has 2 aromatic carbocycles. The topological polar surface area (TPSA) is 51.0 Å². The zero-order chi connectivity index (χ0) is 26.1. The molecule has 10 heteroatoms. The second-order valence-electron chi connectivity index (χ2n) is 9.61. The Balaban J connectivity index is 1.38. The van der Waals surface area contributed by atoms with Gasteiger partial charge in [-0.05, 0) is 62.1 Å². The smallest absolute Gasteiger partial charge is 0.327 e. The molecule has 0 unspecified atom stereocenters. The number of carbonyl (C=O) groups is 1. The molecule has 4 heterocycles. The van der Waals surface area contributed by atoms with Gasteiger partial charge in [0.05, 0.1) is 22.9 Å². The van der Waals surface area contributed by atoms with Crippen molar-refractivity contribution in [2.45, 2.75) is 43.9 Å². The molecule has 2 aliphatic rings. The van der Waals surface area contributed by atoms with Crippen LogP contribution in [0.25, 0.3) is 22.2 Å². The van der Waals surface area contributed by atoms with E-state index in [0.717, 1.165) is 30.5 Å². The van der Waals surface area contributed by atoms with Crippen LogP contribution in [0.15, 0.2) is 48.5 Å². The van der Waals surface area contributed by atoms with Gasteiger partial charge in [-0.2, -0.15) is 18.3 Å². The Morgan fingerprint density at radius 2 is 1.76 bits per heavy atom. The second-order valence-corrected chi connectivity index (χ2v) is 9.61. The highest BCUT2D eigenvalue weighted by Crippen LogP contribution is 2.45. The lowest BCUT2D eigenvalue weighted by molar-refractivity contribution is -0.140. The van der Waals surface area contributed by atoms with E-state index in [0.29, 0.717) is 40.7 Å². The van der Waals surface area contributed by atoms with Crippen LogP contribution in [-0.4, -0.2) is 31.6 Å². The zero-order valence-corrected chi connectivity index (χ0v) is 19.7. The summed E-state index contributed by atoms with van der Waals surface area (Å²) in [6.45, 7) is 0. The van der Waals surface area contributed by atoms with Crippen LogP contribution in [0.2, 0.25) is 0 Å². The SMILES string of the molecule is Cn1nc2c(c1-c1cc(F)cc(F)c1)C[C@H]1CCC[C@@H]2N1C(=O)c1ccc2nc(C(F)(F)F)ccc2c1. The van der Waals surface area contributed by atoms with Gasteiger partial charge in [0.15, 0.2) is 0 Å². The number of fused-ring (bicyclic) bond motifs is 5. The summed E-state index contributed by atoms with van der Waals surface area (Å²) in [6.07, 6.45) is -1.71. The van der Waals surface area contributed by atoms with Gasteiger partial charge in [0.2, 0.25) is 0 Å². The largest absolute Gasteiger partial charge is 0.433 e. The number of pyridine rings is 1. The Morgan fingerprint density at radius 3 is 2.49 bits per heavy atom. The summed E-state index contributed by atoms with van der Waals surface area (Å²) in [4.78, 5) is 19.2. The molecular formula is C27H21F5N4O. The van der Waals surface area contributed by atoms with Crippen LogP contribution in [0.3, 0.4) is 0 Å². The fourth-order valence-electron chi connectivity index (χ4n) is 5.77. The van der Waals surface area contributed by atoms with Gasteiger partial charge in [0.1, 0.15) is 17.3 Å². The van der Waals surface area contributed by atoms with E-state index in [1.54, 1.807) is 17.8 Å². The van der Waals surface area contributed by atoms with Gasteiger partial charge in [-0.1, -0.05) is 6.07 Å². The number of piperidine rings is 1. The first kappa shape index (κ1) is 23.6. The van der Waals surface area contributed by atoms with Crippen LogP contribution in [0, 0.1) is 11.6 Å². The lowest BCUT2D eigenvalue weighted by atomic mass is 9.81. The highest BCUT2D eigenvalue weighted by molar-refractivity contribution is 5.98. The van der Waals surface area contributed by atoms with Gasteiger partial charge >= 0.3 is 6.18 Å². The van der Waals surface area contributed by atoms with Crippen LogP contribution in [0.5, 0.6) is 0 Å². The molecule has 0 spiro atoms. The van der Waals surface area contributed by atoms with Crippen LogP contribution >= 0.6 is 0 Å². The molecule has 2 aliphatic heterocycles. The molecule has 0 N–H and O–H groups in total. The van der Waals surface area contributed by atoms with Gasteiger partial charge < -0.3 is 4.90 Å². The molecule has 37 heavy (non-hydrogen) atoms. The highest BCUT2D eigenvalue weighted by atomic mass is 19.4. The molecule has 4 aromatic rings. The summed E-state index contributed by atoms with van der Waals surface area (Å²) < 4.78 is 68.7. The highest BCUT2D eigenvalue weighted by Gasteiger charge is 2.43. The van der Waals surface area contributed by atoms with Gasteiger partial charge in [-0.15, -0.1) is 0 Å². The quantitative estimate of drug-likeness (QED) is 0.300. The van der Waals surface area contributed by atoms with Crippen molar-refractivity contribution in [1.29, 1.82) is 0 Å². The summed E-state index contributed by atoms with van der Waals surface area (Å²) in [5.74, 6) is -1.58. The van der Waals surface area contributed by atoms with Gasteiger partial charge in [0, 0.05) is 41.2 Å². The molecule has 6 rings (SSSR count). The Hall–Kier alpha value is -3.82. The van der Waals surface area contributed by atoms with E-state index in [2.05, 4.69) is 10.1 Å². The second kappa shape index (κ2) is 8.36. The molecule has 0 saturated carbocycles. The van der Waals surface area contributed by atoms with E-state index in [1.165, 1.54) is 30.3 Å². The van der Waals surface area contributed by atoms with Crippen molar-refractivity contribution in [3.63, 3.8) is 0 Å². The molecule has 5 nitrogen and oxygen atoms in total. The normalized spacial score (nSPS) is 19.2. The van der Waals surface area contributed by atoms with E-state index in [1.807, 2.05) is 4.90 Å². The standard InChI is InChI=1S/C27H21F5N4O/c1-35-25(16-10-17(28)12-18(29)11-16)20-13-19-3-2-4-22(24(20)34-35)36(19)26(37)15-5-7-21-14(9-15)6-8-23(33-21)27(30,31)32/h5-12,19,22H,2-4,13H2,1H3/t19-,22+/m1/s1. The van der Waals surface area contributed by atoms with Gasteiger partial charge in [-0.25, -0.2) is 13.8 Å². The first-order chi connectivity index (χ1) is 17.6. The van der Waals surface area contributed by atoms with Gasteiger partial charge in [-0.3, -0.25) is 9.48 Å². The number of aromatic nitrogens is 3. The summed E-state index contributed by atoms with van der Waals surface area (Å²) in [6, 6.07) is 9.66. The number of nitrogens with zero attached hydrogens (tertiary/aromatic N) is 4. The Labute approximate surface area is 208 Å². The molecule has 1 amide bonds. The lowest BCUT2D eigenvalue weighted by Gasteiger charge is -2.45. The van der Waals surface area contributed by atoms with E-state index >= 15 is 0 Å². The summed E-state index contributed by atoms with van der Waals surface area (Å²) in [5.41, 5.74) is 2.15. The van der Waals surface area contributed by atoms with Crippen molar-refractivity contribution in [2.24, 2.45) is 7.05 Å². The summed E-state index contributed by atoms with van der Waals surface area (Å²) >= 11 is 0. The Bertz CT molecular complexity index is 1540. The van der Waals surface area contributed by atoms with Crippen molar-refractivity contribution in [2.75, 3.05) is 0 Å². The Morgan fingerprint density at radius 1 is 1.00 bits per heavy atom.